The molecule has 1 aliphatic heterocycles. The largest absolute Gasteiger partial charge is 0.457 e. The van der Waals surface area contributed by atoms with Crippen molar-refractivity contribution in [2.24, 2.45) is 0 Å². The second kappa shape index (κ2) is 9.19. The Hall–Kier alpha value is -4.81. The molecule has 192 valence electrons. The fourth-order valence-corrected chi connectivity index (χ4v) is 5.27. The number of hydrogen-bond donors (Lipinski definition) is 0. The number of aryl methyl sites for hydroxylation is 1. The van der Waals surface area contributed by atoms with Gasteiger partial charge in [-0.2, -0.15) is 5.06 Å². The Morgan fingerprint density at radius 3 is 2.33 bits per heavy atom. The third-order valence-corrected chi connectivity index (χ3v) is 7.04. The van der Waals surface area contributed by atoms with Gasteiger partial charge in [0.05, 0.1) is 34.1 Å². The van der Waals surface area contributed by atoms with Gasteiger partial charge in [-0.25, -0.2) is 10.0 Å². The number of hydrogen-bond acceptors (Lipinski definition) is 5. The molecule has 0 fully saturated rings. The van der Waals surface area contributed by atoms with Crippen molar-refractivity contribution in [1.29, 1.82) is 0 Å². The van der Waals surface area contributed by atoms with Gasteiger partial charge in [0.2, 0.25) is 0 Å². The lowest BCUT2D eigenvalue weighted by Crippen LogP contribution is -2.30. The smallest absolute Gasteiger partial charge is 0.137 e. The van der Waals surface area contributed by atoms with Crippen molar-refractivity contribution in [2.75, 3.05) is 10.1 Å². The molecule has 0 N–H and O–H groups in total. The molecule has 0 saturated carbocycles. The van der Waals surface area contributed by atoms with Gasteiger partial charge in [-0.3, -0.25) is 4.57 Å². The second-order valence-electron chi connectivity index (χ2n) is 10.1. The Kier molecular flexibility index (Phi) is 5.49. The molecule has 0 amide bonds. The van der Waals surface area contributed by atoms with E-state index in [1.807, 2.05) is 64.9 Å². The summed E-state index contributed by atoms with van der Waals surface area (Å²) < 4.78 is 8.63. The molecule has 0 radical (unpaired) electrons. The number of anilines is 3. The topological polar surface area (TPSA) is 42.8 Å². The zero-order chi connectivity index (χ0) is 26.5. The van der Waals surface area contributed by atoms with Gasteiger partial charge in [0.1, 0.15) is 17.3 Å². The van der Waals surface area contributed by atoms with E-state index in [-0.39, 0.29) is 6.04 Å². The zero-order valence-electron chi connectivity index (χ0n) is 22.1. The first-order chi connectivity index (χ1) is 19.1. The highest BCUT2D eigenvalue weighted by molar-refractivity contribution is 6.09. The van der Waals surface area contributed by atoms with Crippen molar-refractivity contribution in [2.45, 2.75) is 26.8 Å². The third-order valence-electron chi connectivity index (χ3n) is 7.04. The number of hydroxylamine groups is 1. The van der Waals surface area contributed by atoms with Crippen molar-refractivity contribution in [3.63, 3.8) is 0 Å². The van der Waals surface area contributed by atoms with Crippen LogP contribution in [0.2, 0.25) is 0 Å². The Morgan fingerprint density at radius 2 is 1.49 bits per heavy atom. The Balaban J connectivity index is 1.27. The van der Waals surface area contributed by atoms with Crippen LogP contribution >= 0.6 is 0 Å². The first kappa shape index (κ1) is 23.3. The fraction of sp³-hybridized carbons (Fsp3) is 0.121. The molecule has 0 saturated heterocycles. The molecule has 2 aromatic heterocycles. The van der Waals surface area contributed by atoms with Crippen molar-refractivity contribution in [1.82, 2.24) is 9.55 Å². The summed E-state index contributed by atoms with van der Waals surface area (Å²) in [5, 5.41) is 6.12. The summed E-state index contributed by atoms with van der Waals surface area (Å²) in [7, 11) is 0. The summed E-state index contributed by atoms with van der Waals surface area (Å²) in [6.45, 7) is 6.31. The van der Waals surface area contributed by atoms with Gasteiger partial charge in [-0.15, -0.1) is 4.94 Å². The number of aromatic nitrogens is 2. The molecular weight excluding hydrogens is 484 g/mol. The normalized spacial score (nSPS) is 13.0. The van der Waals surface area contributed by atoms with E-state index in [1.54, 1.807) is 0 Å². The summed E-state index contributed by atoms with van der Waals surface area (Å²) >= 11 is 0. The first-order valence-electron chi connectivity index (χ1n) is 13.2. The monoisotopic (exact) mass is 512 g/mol. The highest BCUT2D eigenvalue weighted by Crippen LogP contribution is 2.43. The maximum Gasteiger partial charge on any atom is 0.137 e. The number of benzene rings is 4. The number of ether oxygens (including phenoxy) is 1. The molecule has 6 heteroatoms. The molecule has 6 aromatic rings. The van der Waals surface area contributed by atoms with Crippen molar-refractivity contribution >= 4 is 38.9 Å². The van der Waals surface area contributed by atoms with E-state index in [1.165, 1.54) is 5.39 Å². The van der Waals surface area contributed by atoms with Crippen LogP contribution in [0.5, 0.6) is 11.5 Å². The van der Waals surface area contributed by atoms with Gasteiger partial charge in [-0.05, 0) is 80.9 Å². The predicted molar refractivity (Wildman–Crippen MR) is 157 cm³/mol. The van der Waals surface area contributed by atoms with Gasteiger partial charge in [0, 0.05) is 29.1 Å². The lowest BCUT2D eigenvalue weighted by Gasteiger charge is -2.23. The van der Waals surface area contributed by atoms with E-state index >= 15 is 0 Å². The summed E-state index contributed by atoms with van der Waals surface area (Å²) in [5.74, 6) is 2.37. The quantitative estimate of drug-likeness (QED) is 0.232. The fourth-order valence-electron chi connectivity index (χ4n) is 5.27. The molecule has 1 aliphatic rings. The molecule has 3 heterocycles. The summed E-state index contributed by atoms with van der Waals surface area (Å²) in [4.78, 5) is 10.9. The number of pyridine rings is 1. The molecule has 4 aromatic carbocycles. The standard InChI is InChI=1S/C33H28N4O2/c1-22(2)36-30-13-6-7-14-31(30)37(39-36)24-9-8-10-25(20-24)38-26-15-16-28-27-11-4-5-12-29(27)35(32(28)21-26)33-19-23(3)17-18-34-33/h4-22H,1-3H3. The summed E-state index contributed by atoms with van der Waals surface area (Å²) in [6, 6.07) is 35.2. The summed E-state index contributed by atoms with van der Waals surface area (Å²) in [6.07, 6.45) is 1.86. The van der Waals surface area contributed by atoms with Gasteiger partial charge >= 0.3 is 0 Å². The van der Waals surface area contributed by atoms with E-state index in [9.17, 15) is 0 Å². The average Bonchev–Trinajstić information content (AvgIpc) is 3.50. The number of nitrogens with zero attached hydrogens (tertiary/aromatic N) is 4. The van der Waals surface area contributed by atoms with E-state index < -0.39 is 0 Å². The molecule has 0 spiro atoms. The molecule has 6 nitrogen and oxygen atoms in total. The maximum absolute atomic E-state index is 6.43. The molecule has 0 bridgehead atoms. The van der Waals surface area contributed by atoms with Crippen LogP contribution in [-0.2, 0) is 4.94 Å². The minimum absolute atomic E-state index is 0.192. The highest BCUT2D eigenvalue weighted by atomic mass is 16.8. The maximum atomic E-state index is 6.43. The Bertz CT molecular complexity index is 1840. The lowest BCUT2D eigenvalue weighted by molar-refractivity contribution is 0.112. The first-order valence-corrected chi connectivity index (χ1v) is 13.2. The minimum Gasteiger partial charge on any atom is -0.457 e. The third kappa shape index (κ3) is 3.97. The van der Waals surface area contributed by atoms with Crippen LogP contribution in [0.15, 0.2) is 109 Å². The van der Waals surface area contributed by atoms with Gasteiger partial charge in [0.15, 0.2) is 0 Å². The molecule has 0 aliphatic carbocycles. The SMILES string of the molecule is Cc1ccnc(-n2c3ccccc3c3ccc(Oc4cccc(N5ON(C(C)C)c6ccccc65)c4)cc32)c1. The van der Waals surface area contributed by atoms with Crippen molar-refractivity contribution in [3.05, 3.63) is 115 Å². The zero-order valence-corrected chi connectivity index (χ0v) is 22.1. The van der Waals surface area contributed by atoms with Crippen LogP contribution in [-0.4, -0.2) is 15.6 Å². The molecule has 0 atom stereocenters. The van der Waals surface area contributed by atoms with Crippen LogP contribution in [0.1, 0.15) is 19.4 Å². The highest BCUT2D eigenvalue weighted by Gasteiger charge is 2.30. The molecule has 0 unspecified atom stereocenters. The van der Waals surface area contributed by atoms with Crippen LogP contribution in [0, 0.1) is 6.92 Å². The Labute approximate surface area is 227 Å². The number of rotatable bonds is 5. The van der Waals surface area contributed by atoms with Crippen LogP contribution < -0.4 is 14.9 Å². The van der Waals surface area contributed by atoms with E-state index in [4.69, 9.17) is 9.68 Å². The summed E-state index contributed by atoms with van der Waals surface area (Å²) in [5.41, 5.74) is 6.26. The van der Waals surface area contributed by atoms with Crippen LogP contribution in [0.4, 0.5) is 17.1 Å². The lowest BCUT2D eigenvalue weighted by atomic mass is 10.1. The molecule has 39 heavy (non-hydrogen) atoms. The molecule has 7 rings (SSSR count). The molecular formula is C33H28N4O2. The van der Waals surface area contributed by atoms with E-state index in [0.717, 1.165) is 56.4 Å². The predicted octanol–water partition coefficient (Wildman–Crippen LogP) is 8.49. The van der Waals surface area contributed by atoms with Gasteiger partial charge in [0.25, 0.3) is 0 Å². The van der Waals surface area contributed by atoms with Crippen LogP contribution in [0.25, 0.3) is 27.6 Å². The van der Waals surface area contributed by atoms with E-state index in [2.05, 4.69) is 84.9 Å². The Morgan fingerprint density at radius 1 is 0.718 bits per heavy atom. The second-order valence-corrected chi connectivity index (χ2v) is 10.1. The minimum atomic E-state index is 0.192. The number of fused-ring (bicyclic) bond motifs is 4. The van der Waals surface area contributed by atoms with Gasteiger partial charge in [-0.1, -0.05) is 36.4 Å². The van der Waals surface area contributed by atoms with Gasteiger partial charge < -0.3 is 4.74 Å². The average molecular weight is 513 g/mol. The van der Waals surface area contributed by atoms with Crippen molar-refractivity contribution < 1.29 is 9.68 Å². The van der Waals surface area contributed by atoms with Crippen molar-refractivity contribution in [3.8, 4) is 17.3 Å². The number of para-hydroxylation sites is 3. The van der Waals surface area contributed by atoms with Crippen LogP contribution in [0.3, 0.4) is 0 Å². The van der Waals surface area contributed by atoms with E-state index in [0.29, 0.717) is 0 Å².